The summed E-state index contributed by atoms with van der Waals surface area (Å²) in [6.45, 7) is 4.26. The SMILES string of the molecule is CC[C@H](C)[C@H](NC(=O)C1CCCN1C(=O)OCC1c2ccccc2-c2ccccc21)C(=O)O. The van der Waals surface area contributed by atoms with Crippen molar-refractivity contribution in [3.05, 3.63) is 59.7 Å². The monoisotopic (exact) mass is 450 g/mol. The number of benzene rings is 2. The Morgan fingerprint density at radius 3 is 2.27 bits per heavy atom. The van der Waals surface area contributed by atoms with Crippen LogP contribution in [-0.2, 0) is 14.3 Å². The summed E-state index contributed by atoms with van der Waals surface area (Å²) in [6.07, 6.45) is 1.24. The maximum absolute atomic E-state index is 13.0. The second kappa shape index (κ2) is 9.65. The van der Waals surface area contributed by atoms with Gasteiger partial charge in [0, 0.05) is 12.5 Å². The van der Waals surface area contributed by atoms with Crippen LogP contribution in [0, 0.1) is 5.92 Å². The third-order valence-electron chi connectivity index (χ3n) is 6.90. The minimum atomic E-state index is -1.07. The maximum Gasteiger partial charge on any atom is 0.410 e. The molecule has 2 amide bonds. The Balaban J connectivity index is 1.43. The number of amides is 2. The fourth-order valence-corrected chi connectivity index (χ4v) is 4.87. The van der Waals surface area contributed by atoms with Crippen LogP contribution in [0.5, 0.6) is 0 Å². The molecule has 1 aliphatic heterocycles. The van der Waals surface area contributed by atoms with Gasteiger partial charge in [0.2, 0.25) is 5.91 Å². The quantitative estimate of drug-likeness (QED) is 0.664. The van der Waals surface area contributed by atoms with Crippen LogP contribution in [-0.4, -0.2) is 53.2 Å². The molecule has 174 valence electrons. The van der Waals surface area contributed by atoms with Gasteiger partial charge < -0.3 is 15.2 Å². The Labute approximate surface area is 193 Å². The van der Waals surface area contributed by atoms with E-state index in [1.54, 1.807) is 6.92 Å². The zero-order valence-electron chi connectivity index (χ0n) is 19.0. The van der Waals surface area contributed by atoms with Crippen LogP contribution in [0.2, 0.25) is 0 Å². The smallest absolute Gasteiger partial charge is 0.410 e. The van der Waals surface area contributed by atoms with Gasteiger partial charge in [-0.25, -0.2) is 9.59 Å². The van der Waals surface area contributed by atoms with E-state index < -0.39 is 30.1 Å². The van der Waals surface area contributed by atoms with Gasteiger partial charge in [-0.15, -0.1) is 0 Å². The average molecular weight is 451 g/mol. The summed E-state index contributed by atoms with van der Waals surface area (Å²) in [6, 6.07) is 14.5. The van der Waals surface area contributed by atoms with Crippen LogP contribution < -0.4 is 5.32 Å². The number of nitrogens with one attached hydrogen (secondary N) is 1. The van der Waals surface area contributed by atoms with Gasteiger partial charge >= 0.3 is 12.1 Å². The lowest BCUT2D eigenvalue weighted by Gasteiger charge is -2.27. The first kappa shape index (κ1) is 22.8. The zero-order valence-corrected chi connectivity index (χ0v) is 19.0. The highest BCUT2D eigenvalue weighted by Gasteiger charge is 2.38. The van der Waals surface area contributed by atoms with Crippen LogP contribution in [0.25, 0.3) is 11.1 Å². The standard InChI is InChI=1S/C26H30N2O5/c1-3-16(2)23(25(30)31)27-24(29)22-13-8-14-28(22)26(32)33-15-21-19-11-6-4-9-17(19)18-10-5-7-12-20(18)21/h4-7,9-12,16,21-23H,3,8,13-15H2,1-2H3,(H,27,29)(H,30,31)/t16-,22?,23-/m0/s1. The Hall–Kier alpha value is -3.35. The van der Waals surface area contributed by atoms with Crippen molar-refractivity contribution in [1.82, 2.24) is 10.2 Å². The molecule has 33 heavy (non-hydrogen) atoms. The van der Waals surface area contributed by atoms with Crippen molar-refractivity contribution < 1.29 is 24.2 Å². The van der Waals surface area contributed by atoms with Gasteiger partial charge in [-0.1, -0.05) is 68.8 Å². The molecular formula is C26H30N2O5. The van der Waals surface area contributed by atoms with Crippen molar-refractivity contribution in [3.63, 3.8) is 0 Å². The molecule has 2 aromatic carbocycles. The number of fused-ring (bicyclic) bond motifs is 3. The second-order valence-corrected chi connectivity index (χ2v) is 8.87. The molecule has 7 heteroatoms. The second-order valence-electron chi connectivity index (χ2n) is 8.87. The molecule has 2 aliphatic rings. The Morgan fingerprint density at radius 1 is 1.09 bits per heavy atom. The van der Waals surface area contributed by atoms with Gasteiger partial charge in [0.1, 0.15) is 18.7 Å². The number of nitrogens with zero attached hydrogens (tertiary/aromatic N) is 1. The van der Waals surface area contributed by atoms with Gasteiger partial charge in [0.05, 0.1) is 0 Å². The summed E-state index contributed by atoms with van der Waals surface area (Å²) in [5.74, 6) is -1.77. The fraction of sp³-hybridized carbons (Fsp3) is 0.423. The first-order chi connectivity index (χ1) is 15.9. The lowest BCUT2D eigenvalue weighted by molar-refractivity contribution is -0.144. The van der Waals surface area contributed by atoms with Gasteiger partial charge in [-0.05, 0) is 41.0 Å². The van der Waals surface area contributed by atoms with Gasteiger partial charge in [0.25, 0.3) is 0 Å². The molecule has 0 aromatic heterocycles. The van der Waals surface area contributed by atoms with Crippen molar-refractivity contribution in [3.8, 4) is 11.1 Å². The minimum absolute atomic E-state index is 0.0574. The third-order valence-corrected chi connectivity index (χ3v) is 6.90. The average Bonchev–Trinajstić information content (AvgIpc) is 3.44. The number of likely N-dealkylation sites (tertiary alicyclic amines) is 1. The Morgan fingerprint density at radius 2 is 1.70 bits per heavy atom. The Kier molecular flexibility index (Phi) is 6.67. The number of hydrogen-bond acceptors (Lipinski definition) is 4. The molecule has 2 aromatic rings. The molecule has 0 radical (unpaired) electrons. The lowest BCUT2D eigenvalue weighted by Crippen LogP contribution is -2.52. The van der Waals surface area contributed by atoms with E-state index >= 15 is 0 Å². The molecule has 1 unspecified atom stereocenters. The summed E-state index contributed by atoms with van der Waals surface area (Å²) >= 11 is 0. The van der Waals surface area contributed by atoms with E-state index in [2.05, 4.69) is 29.6 Å². The normalized spacial score (nSPS) is 18.8. The summed E-state index contributed by atoms with van der Waals surface area (Å²) in [5.41, 5.74) is 4.55. The molecule has 2 N–H and O–H groups in total. The van der Waals surface area contributed by atoms with E-state index in [1.165, 1.54) is 4.90 Å². The number of carbonyl (C=O) groups is 3. The van der Waals surface area contributed by atoms with Crippen LogP contribution in [0.3, 0.4) is 0 Å². The summed E-state index contributed by atoms with van der Waals surface area (Å²) in [7, 11) is 0. The molecule has 0 bridgehead atoms. The van der Waals surface area contributed by atoms with E-state index in [-0.39, 0.29) is 18.4 Å². The highest BCUT2D eigenvalue weighted by Crippen LogP contribution is 2.44. The Bertz CT molecular complexity index is 1010. The molecular weight excluding hydrogens is 420 g/mol. The molecule has 4 rings (SSSR count). The lowest BCUT2D eigenvalue weighted by atomic mass is 9.98. The van der Waals surface area contributed by atoms with Crippen molar-refractivity contribution in [1.29, 1.82) is 0 Å². The number of carbonyl (C=O) groups excluding carboxylic acids is 2. The van der Waals surface area contributed by atoms with Gasteiger partial charge in [0.15, 0.2) is 0 Å². The first-order valence-corrected chi connectivity index (χ1v) is 11.6. The summed E-state index contributed by atoms with van der Waals surface area (Å²) < 4.78 is 5.72. The van der Waals surface area contributed by atoms with Crippen molar-refractivity contribution >= 4 is 18.0 Å². The van der Waals surface area contributed by atoms with Crippen LogP contribution >= 0.6 is 0 Å². The van der Waals surface area contributed by atoms with E-state index in [9.17, 15) is 19.5 Å². The minimum Gasteiger partial charge on any atom is -0.480 e. The molecule has 0 spiro atoms. The predicted molar refractivity (Wildman–Crippen MR) is 124 cm³/mol. The first-order valence-electron chi connectivity index (χ1n) is 11.6. The highest BCUT2D eigenvalue weighted by molar-refractivity contribution is 5.89. The summed E-state index contributed by atoms with van der Waals surface area (Å²) in [4.78, 5) is 38.8. The molecule has 1 heterocycles. The fourth-order valence-electron chi connectivity index (χ4n) is 4.87. The van der Waals surface area contributed by atoms with Crippen molar-refractivity contribution in [2.75, 3.05) is 13.2 Å². The zero-order chi connectivity index (χ0) is 23.5. The number of hydrogen-bond donors (Lipinski definition) is 2. The molecule has 3 atom stereocenters. The molecule has 0 saturated carbocycles. The highest BCUT2D eigenvalue weighted by atomic mass is 16.6. The number of carboxylic acids is 1. The van der Waals surface area contributed by atoms with E-state index in [1.807, 2.05) is 31.2 Å². The molecule has 1 saturated heterocycles. The summed E-state index contributed by atoms with van der Waals surface area (Å²) in [5, 5.41) is 12.1. The van der Waals surface area contributed by atoms with Crippen LogP contribution in [0.4, 0.5) is 4.79 Å². The van der Waals surface area contributed by atoms with Crippen molar-refractivity contribution in [2.24, 2.45) is 5.92 Å². The number of aliphatic carboxylic acids is 1. The van der Waals surface area contributed by atoms with E-state index in [0.29, 0.717) is 25.8 Å². The molecule has 1 aliphatic carbocycles. The number of ether oxygens (including phenoxy) is 1. The predicted octanol–water partition coefficient (Wildman–Crippen LogP) is 4.02. The van der Waals surface area contributed by atoms with Gasteiger partial charge in [-0.2, -0.15) is 0 Å². The largest absolute Gasteiger partial charge is 0.480 e. The van der Waals surface area contributed by atoms with E-state index in [4.69, 9.17) is 4.74 Å². The third kappa shape index (κ3) is 4.45. The van der Waals surface area contributed by atoms with Crippen LogP contribution in [0.15, 0.2) is 48.5 Å². The van der Waals surface area contributed by atoms with Crippen LogP contribution in [0.1, 0.15) is 50.2 Å². The number of carboxylic acid groups (broad SMARTS) is 1. The molecule has 1 fully saturated rings. The van der Waals surface area contributed by atoms with Gasteiger partial charge in [-0.3, -0.25) is 9.69 Å². The number of rotatable bonds is 7. The van der Waals surface area contributed by atoms with Crippen molar-refractivity contribution in [2.45, 2.75) is 51.1 Å². The van der Waals surface area contributed by atoms with E-state index in [0.717, 1.165) is 22.3 Å². The molecule has 7 nitrogen and oxygen atoms in total. The maximum atomic E-state index is 13.0. The topological polar surface area (TPSA) is 95.9 Å².